The van der Waals surface area contributed by atoms with E-state index in [2.05, 4.69) is 31.0 Å². The first-order chi connectivity index (χ1) is 35.2. The minimum atomic E-state index is 0.546. The van der Waals surface area contributed by atoms with Crippen LogP contribution < -0.4 is 4.98 Å². The minimum absolute atomic E-state index is 0.546. The van der Waals surface area contributed by atoms with Crippen LogP contribution in [0.25, 0.3) is 124 Å². The molecule has 0 N–H and O–H groups in total. The summed E-state index contributed by atoms with van der Waals surface area (Å²) >= 11 is 0. The Labute approximate surface area is 406 Å². The van der Waals surface area contributed by atoms with Gasteiger partial charge in [0.1, 0.15) is 0 Å². The first-order valence-corrected chi connectivity index (χ1v) is 22.5. The summed E-state index contributed by atoms with van der Waals surface area (Å²) in [6.07, 6.45) is 28.3. The highest BCUT2D eigenvalue weighted by Gasteiger charge is 2.19. The molecule has 0 aliphatic rings. The van der Waals surface area contributed by atoms with Gasteiger partial charge in [-0.15, -0.1) is 11.4 Å². The standard InChI is InChI=1S/C57H35N14/c1-15-58-16-2-36(1)47-33-45(53(69-47)38-5-19-60-20-6-38)41-11-25-63-48(29-41)49-30-42(12-26-64-49)46-34-68-57(40-9-23-62-24-10-40)71-54(46)43-13-27-65-50(31-43)51-32-44(14-28-66-51)55-56(39-7-21-61-22-8-39)70-52(35-67-55)37-3-17-59-18-4-37/h1-35H/q-1. The van der Waals surface area contributed by atoms with Crippen molar-refractivity contribution in [1.82, 2.24) is 69.8 Å². The van der Waals surface area contributed by atoms with Crippen LogP contribution in [0.1, 0.15) is 0 Å². The molecule has 14 nitrogen and oxygen atoms in total. The third kappa shape index (κ3) is 8.67. The Morgan fingerprint density at radius 1 is 0.268 bits per heavy atom. The summed E-state index contributed by atoms with van der Waals surface area (Å²) in [5, 5.41) is 0. The van der Waals surface area contributed by atoms with Crippen molar-refractivity contribution in [3.63, 3.8) is 0 Å². The van der Waals surface area contributed by atoms with Gasteiger partial charge in [0.2, 0.25) is 0 Å². The number of hydrogen-bond donors (Lipinski definition) is 0. The van der Waals surface area contributed by atoms with E-state index in [-0.39, 0.29) is 0 Å². The lowest BCUT2D eigenvalue weighted by Crippen LogP contribution is -1.99. The molecule has 12 aromatic rings. The molecule has 0 amide bonds. The van der Waals surface area contributed by atoms with Crippen molar-refractivity contribution < 1.29 is 0 Å². The SMILES string of the molecule is c1cc(-c2cnc(-c3ccnc(-c4cc(-c5nc(-c6ccncc6)ncc5-c5ccnc(-c6cc(-c7cc(-c8ccncc8)[n-]c7-c7ccncc7)ccn6)c5)ccn4)c3)c(-c3ccncc3)n2)ccn1. The Hall–Kier alpha value is -10.2. The molecular weight excluding hydrogens is 881 g/mol. The molecule has 0 saturated heterocycles. The summed E-state index contributed by atoms with van der Waals surface area (Å²) < 4.78 is 0. The molecule has 0 saturated carbocycles. The van der Waals surface area contributed by atoms with Crippen molar-refractivity contribution in [3.05, 3.63) is 214 Å². The van der Waals surface area contributed by atoms with Gasteiger partial charge in [-0.25, -0.2) is 15.0 Å². The van der Waals surface area contributed by atoms with Gasteiger partial charge in [-0.2, -0.15) is 0 Å². The van der Waals surface area contributed by atoms with E-state index in [4.69, 9.17) is 44.9 Å². The molecule has 0 aliphatic heterocycles. The lowest BCUT2D eigenvalue weighted by atomic mass is 9.98. The number of hydrogen-bond acceptors (Lipinski definition) is 13. The molecule has 12 aromatic heterocycles. The van der Waals surface area contributed by atoms with Crippen LogP contribution in [0.2, 0.25) is 0 Å². The van der Waals surface area contributed by atoms with Crippen LogP contribution in [0, 0.1) is 0 Å². The second kappa shape index (κ2) is 18.8. The van der Waals surface area contributed by atoms with E-state index < -0.39 is 0 Å². The molecule has 0 aromatic carbocycles. The Kier molecular flexibility index (Phi) is 11.2. The van der Waals surface area contributed by atoms with Crippen LogP contribution in [0.5, 0.6) is 0 Å². The van der Waals surface area contributed by atoms with E-state index in [1.807, 2.05) is 115 Å². The number of nitrogens with zero attached hydrogens (tertiary/aromatic N) is 14. The first kappa shape index (κ1) is 42.2. The zero-order valence-corrected chi connectivity index (χ0v) is 37.5. The van der Waals surface area contributed by atoms with E-state index in [9.17, 15) is 0 Å². The van der Waals surface area contributed by atoms with Crippen LogP contribution in [0.4, 0.5) is 0 Å². The number of pyridine rings is 9. The number of aromatic nitrogens is 14. The Morgan fingerprint density at radius 2 is 0.704 bits per heavy atom. The molecule has 14 heteroatoms. The van der Waals surface area contributed by atoms with E-state index >= 15 is 0 Å². The highest BCUT2D eigenvalue weighted by Crippen LogP contribution is 2.39. The van der Waals surface area contributed by atoms with Crippen molar-refractivity contribution in [2.45, 2.75) is 0 Å². The fourth-order valence-electron chi connectivity index (χ4n) is 8.38. The fraction of sp³-hybridized carbons (Fsp3) is 0. The summed E-state index contributed by atoms with van der Waals surface area (Å²) in [6.45, 7) is 0. The molecule has 0 spiro atoms. The van der Waals surface area contributed by atoms with Gasteiger partial charge in [-0.05, 0) is 137 Å². The Morgan fingerprint density at radius 3 is 1.27 bits per heavy atom. The summed E-state index contributed by atoms with van der Waals surface area (Å²) in [5.74, 6) is 0.546. The summed E-state index contributed by atoms with van der Waals surface area (Å²) in [7, 11) is 0. The molecule has 0 fully saturated rings. The van der Waals surface area contributed by atoms with E-state index in [1.54, 1.807) is 93.0 Å². The van der Waals surface area contributed by atoms with Gasteiger partial charge in [0.25, 0.3) is 0 Å². The third-order valence-corrected chi connectivity index (χ3v) is 11.9. The summed E-state index contributed by atoms with van der Waals surface area (Å²) in [4.78, 5) is 65.6. The highest BCUT2D eigenvalue weighted by molar-refractivity contribution is 5.88. The maximum absolute atomic E-state index is 5.22. The van der Waals surface area contributed by atoms with Crippen LogP contribution in [-0.2, 0) is 0 Å². The largest absolute Gasteiger partial charge is 0.656 e. The minimum Gasteiger partial charge on any atom is -0.656 e. The predicted molar refractivity (Wildman–Crippen MR) is 271 cm³/mol. The fourth-order valence-corrected chi connectivity index (χ4v) is 8.38. The van der Waals surface area contributed by atoms with Gasteiger partial charge >= 0.3 is 0 Å². The molecule has 12 heterocycles. The van der Waals surface area contributed by atoms with Crippen molar-refractivity contribution in [2.75, 3.05) is 0 Å². The van der Waals surface area contributed by atoms with E-state index in [0.717, 1.165) is 78.3 Å². The van der Waals surface area contributed by atoms with Crippen LogP contribution in [0.15, 0.2) is 214 Å². The Bertz CT molecular complexity index is 3820. The maximum Gasteiger partial charge on any atom is 0.159 e. The molecule has 0 aliphatic carbocycles. The molecule has 0 bridgehead atoms. The molecule has 0 radical (unpaired) electrons. The van der Waals surface area contributed by atoms with Gasteiger partial charge in [0.15, 0.2) is 5.82 Å². The van der Waals surface area contributed by atoms with Crippen LogP contribution >= 0.6 is 0 Å². The third-order valence-electron chi connectivity index (χ3n) is 11.9. The predicted octanol–water partition coefficient (Wildman–Crippen LogP) is 11.1. The van der Waals surface area contributed by atoms with Crippen molar-refractivity contribution >= 4 is 0 Å². The smallest absolute Gasteiger partial charge is 0.159 e. The summed E-state index contributed by atoms with van der Waals surface area (Å²) in [5.41, 5.74) is 16.9. The van der Waals surface area contributed by atoms with Crippen molar-refractivity contribution in [3.8, 4) is 124 Å². The molecule has 12 rings (SSSR count). The lowest BCUT2D eigenvalue weighted by Gasteiger charge is -2.14. The molecule has 71 heavy (non-hydrogen) atoms. The average Bonchev–Trinajstić information content (AvgIpc) is 3.92. The number of rotatable bonds is 11. The normalized spacial score (nSPS) is 11.1. The van der Waals surface area contributed by atoms with E-state index in [1.165, 1.54) is 0 Å². The second-order valence-electron chi connectivity index (χ2n) is 16.2. The summed E-state index contributed by atoms with van der Waals surface area (Å²) in [6, 6.07) is 37.3. The zero-order chi connectivity index (χ0) is 47.3. The van der Waals surface area contributed by atoms with Crippen molar-refractivity contribution in [2.24, 2.45) is 0 Å². The maximum atomic E-state index is 5.22. The van der Waals surface area contributed by atoms with Gasteiger partial charge in [-0.1, -0.05) is 6.07 Å². The average molecular weight is 916 g/mol. The van der Waals surface area contributed by atoms with Gasteiger partial charge in [0.05, 0.1) is 51.7 Å². The van der Waals surface area contributed by atoms with Gasteiger partial charge < -0.3 is 4.98 Å². The van der Waals surface area contributed by atoms with Crippen molar-refractivity contribution in [1.29, 1.82) is 0 Å². The van der Waals surface area contributed by atoms with E-state index in [0.29, 0.717) is 45.7 Å². The van der Waals surface area contributed by atoms with Crippen LogP contribution in [-0.4, -0.2) is 64.8 Å². The molecule has 0 atom stereocenters. The molecule has 334 valence electrons. The zero-order valence-electron chi connectivity index (χ0n) is 37.5. The Balaban J connectivity index is 0.928. The highest BCUT2D eigenvalue weighted by atomic mass is 14.9. The van der Waals surface area contributed by atoms with Gasteiger partial charge in [0, 0.05) is 126 Å². The second-order valence-corrected chi connectivity index (χ2v) is 16.2. The van der Waals surface area contributed by atoms with Gasteiger partial charge in [-0.3, -0.25) is 49.8 Å². The van der Waals surface area contributed by atoms with Crippen LogP contribution in [0.3, 0.4) is 0 Å². The molecule has 0 unspecified atom stereocenters. The quantitative estimate of drug-likeness (QED) is 0.119. The topological polar surface area (TPSA) is 182 Å². The molecular formula is C57H35N14-. The first-order valence-electron chi connectivity index (χ1n) is 22.5. The lowest BCUT2D eigenvalue weighted by molar-refractivity contribution is 1.17. The monoisotopic (exact) mass is 915 g/mol.